The Morgan fingerprint density at radius 1 is 1.10 bits per heavy atom. The van der Waals surface area contributed by atoms with Gasteiger partial charge >= 0.3 is 0 Å². The third kappa shape index (κ3) is 3.74. The van der Waals surface area contributed by atoms with Crippen LogP contribution in [0.4, 0.5) is 0 Å². The van der Waals surface area contributed by atoms with Crippen molar-refractivity contribution in [3.8, 4) is 0 Å². The van der Waals surface area contributed by atoms with E-state index in [2.05, 4.69) is 54.0 Å². The van der Waals surface area contributed by atoms with Crippen LogP contribution in [-0.2, 0) is 6.42 Å². The van der Waals surface area contributed by atoms with Crippen molar-refractivity contribution in [2.24, 2.45) is 0 Å². The van der Waals surface area contributed by atoms with E-state index in [0.717, 1.165) is 17.7 Å². The van der Waals surface area contributed by atoms with Crippen LogP contribution < -0.4 is 0 Å². The summed E-state index contributed by atoms with van der Waals surface area (Å²) >= 11 is 3.65. The highest BCUT2D eigenvalue weighted by atomic mass is 32.2. The lowest BCUT2D eigenvalue weighted by molar-refractivity contribution is 0.932. The molecule has 0 amide bonds. The zero-order valence-corrected chi connectivity index (χ0v) is 13.4. The second-order valence-corrected chi connectivity index (χ2v) is 7.22. The number of hydrogen-bond acceptors (Lipinski definition) is 3. The summed E-state index contributed by atoms with van der Waals surface area (Å²) in [6.07, 6.45) is 4.18. The van der Waals surface area contributed by atoms with E-state index < -0.39 is 0 Å². The molecular weight excluding hydrogens is 294 g/mol. The second-order valence-electron chi connectivity index (χ2n) is 4.85. The summed E-state index contributed by atoms with van der Waals surface area (Å²) < 4.78 is 2.46. The van der Waals surface area contributed by atoms with Crippen molar-refractivity contribution in [2.45, 2.75) is 17.2 Å². The Morgan fingerprint density at radius 3 is 2.67 bits per heavy atom. The minimum atomic E-state index is 1.11. The molecule has 0 saturated carbocycles. The Balaban J connectivity index is 1.50. The summed E-state index contributed by atoms with van der Waals surface area (Å²) in [5.74, 6) is 1.11. The Labute approximate surface area is 133 Å². The van der Waals surface area contributed by atoms with Crippen LogP contribution in [0.15, 0.2) is 59.4 Å². The van der Waals surface area contributed by atoms with Gasteiger partial charge in [0.1, 0.15) is 0 Å². The predicted molar refractivity (Wildman–Crippen MR) is 95.2 cm³/mol. The van der Waals surface area contributed by atoms with Crippen molar-refractivity contribution in [1.29, 1.82) is 0 Å². The first kappa shape index (κ1) is 14.4. The van der Waals surface area contributed by atoms with Crippen LogP contribution in [0.5, 0.6) is 0 Å². The number of benzene rings is 2. The zero-order valence-electron chi connectivity index (χ0n) is 11.8. The number of nitrogens with zero attached hydrogens (tertiary/aromatic N) is 1. The van der Waals surface area contributed by atoms with Crippen molar-refractivity contribution in [3.63, 3.8) is 0 Å². The standard InChI is InChI=1S/C18H17NS2/c1-2-14-9-11-15(12-10-14)6-5-13-20-18-19-16-7-3-4-8-17(16)21-18/h2-4,7-12H,1,5-6,13H2. The molecule has 0 bridgehead atoms. The van der Waals surface area contributed by atoms with Gasteiger partial charge in [0.05, 0.1) is 10.2 Å². The molecule has 0 saturated heterocycles. The fraction of sp³-hybridized carbons (Fsp3) is 0.167. The number of fused-ring (bicyclic) bond motifs is 1. The topological polar surface area (TPSA) is 12.9 Å². The number of thioether (sulfide) groups is 1. The largest absolute Gasteiger partial charge is 0.230 e. The van der Waals surface area contributed by atoms with Gasteiger partial charge in [-0.1, -0.05) is 60.8 Å². The first-order chi connectivity index (χ1) is 10.3. The molecule has 0 unspecified atom stereocenters. The fourth-order valence-electron chi connectivity index (χ4n) is 2.17. The molecule has 0 spiro atoms. The minimum absolute atomic E-state index is 1.11. The van der Waals surface area contributed by atoms with E-state index in [0.29, 0.717) is 0 Å². The highest BCUT2D eigenvalue weighted by Gasteiger charge is 2.03. The number of aryl methyl sites for hydroxylation is 1. The summed E-state index contributed by atoms with van der Waals surface area (Å²) in [6, 6.07) is 17.0. The van der Waals surface area contributed by atoms with Crippen molar-refractivity contribution < 1.29 is 0 Å². The summed E-state index contributed by atoms with van der Waals surface area (Å²) in [6.45, 7) is 3.78. The van der Waals surface area contributed by atoms with Gasteiger partial charge in [-0.3, -0.25) is 0 Å². The maximum absolute atomic E-state index is 4.65. The zero-order chi connectivity index (χ0) is 14.5. The normalized spacial score (nSPS) is 10.9. The van der Waals surface area contributed by atoms with Crippen molar-refractivity contribution in [1.82, 2.24) is 4.98 Å². The first-order valence-electron chi connectivity index (χ1n) is 7.05. The lowest BCUT2D eigenvalue weighted by Crippen LogP contribution is -1.88. The van der Waals surface area contributed by atoms with Gasteiger partial charge in [-0.05, 0) is 36.1 Å². The monoisotopic (exact) mass is 311 g/mol. The highest BCUT2D eigenvalue weighted by Crippen LogP contribution is 2.29. The Bertz CT molecular complexity index is 695. The Hall–Kier alpha value is -1.58. The molecule has 0 N–H and O–H groups in total. The van der Waals surface area contributed by atoms with Crippen molar-refractivity contribution in [3.05, 3.63) is 66.2 Å². The predicted octanol–water partition coefficient (Wildman–Crippen LogP) is 5.66. The highest BCUT2D eigenvalue weighted by molar-refractivity contribution is 8.01. The molecule has 3 aromatic rings. The van der Waals surface area contributed by atoms with Crippen molar-refractivity contribution >= 4 is 39.4 Å². The fourth-order valence-corrected chi connectivity index (χ4v) is 4.25. The summed E-state index contributed by atoms with van der Waals surface area (Å²) in [7, 11) is 0. The molecule has 1 nitrogen and oxygen atoms in total. The van der Waals surface area contributed by atoms with Crippen LogP contribution in [0.1, 0.15) is 17.5 Å². The summed E-state index contributed by atoms with van der Waals surface area (Å²) in [4.78, 5) is 4.65. The van der Waals surface area contributed by atoms with Crippen LogP contribution in [0.25, 0.3) is 16.3 Å². The quantitative estimate of drug-likeness (QED) is 0.430. The molecule has 0 fully saturated rings. The molecule has 0 atom stereocenters. The molecule has 0 aliphatic heterocycles. The van der Waals surface area contributed by atoms with E-state index in [1.807, 2.05) is 23.9 Å². The molecule has 0 aliphatic rings. The molecule has 0 aliphatic carbocycles. The van der Waals surface area contributed by atoms with Gasteiger partial charge in [0.15, 0.2) is 4.34 Å². The summed E-state index contributed by atoms with van der Waals surface area (Å²) in [5.41, 5.74) is 3.69. The third-order valence-corrected chi connectivity index (χ3v) is 5.59. The number of hydrogen-bond donors (Lipinski definition) is 0. The molecule has 3 heteroatoms. The Morgan fingerprint density at radius 2 is 1.90 bits per heavy atom. The van der Waals surface area contributed by atoms with E-state index in [4.69, 9.17) is 0 Å². The van der Waals surface area contributed by atoms with Gasteiger partial charge in [0.25, 0.3) is 0 Å². The number of aromatic nitrogens is 1. The van der Waals surface area contributed by atoms with Crippen LogP contribution in [-0.4, -0.2) is 10.7 Å². The van der Waals surface area contributed by atoms with Gasteiger partial charge in [-0.25, -0.2) is 4.98 Å². The molecule has 106 valence electrons. The van der Waals surface area contributed by atoms with Crippen molar-refractivity contribution in [2.75, 3.05) is 5.75 Å². The number of thiazole rings is 1. The van der Waals surface area contributed by atoms with Gasteiger partial charge in [-0.2, -0.15) is 0 Å². The van der Waals surface area contributed by atoms with Gasteiger partial charge < -0.3 is 0 Å². The van der Waals surface area contributed by atoms with Crippen LogP contribution in [0.2, 0.25) is 0 Å². The molecule has 1 heterocycles. The van der Waals surface area contributed by atoms with Gasteiger partial charge in [0.2, 0.25) is 0 Å². The third-order valence-electron chi connectivity index (χ3n) is 3.33. The maximum atomic E-state index is 4.65. The van der Waals surface area contributed by atoms with Crippen LogP contribution in [0, 0.1) is 0 Å². The minimum Gasteiger partial charge on any atom is -0.230 e. The molecule has 2 aromatic carbocycles. The average Bonchev–Trinajstić information content (AvgIpc) is 2.95. The molecule has 21 heavy (non-hydrogen) atoms. The SMILES string of the molecule is C=Cc1ccc(CCCSc2nc3ccccc3s2)cc1. The van der Waals surface area contributed by atoms with Crippen LogP contribution >= 0.6 is 23.1 Å². The summed E-state index contributed by atoms with van der Waals surface area (Å²) in [5, 5.41) is 0. The van der Waals surface area contributed by atoms with Crippen LogP contribution in [0.3, 0.4) is 0 Å². The average molecular weight is 311 g/mol. The number of rotatable bonds is 6. The molecule has 1 aromatic heterocycles. The van der Waals surface area contributed by atoms with Gasteiger partial charge in [-0.15, -0.1) is 11.3 Å². The lowest BCUT2D eigenvalue weighted by Gasteiger charge is -2.01. The first-order valence-corrected chi connectivity index (χ1v) is 8.85. The lowest BCUT2D eigenvalue weighted by atomic mass is 10.1. The smallest absolute Gasteiger partial charge is 0.151 e. The van der Waals surface area contributed by atoms with E-state index in [-0.39, 0.29) is 0 Å². The number of para-hydroxylation sites is 1. The van der Waals surface area contributed by atoms with E-state index in [1.54, 1.807) is 11.3 Å². The van der Waals surface area contributed by atoms with Gasteiger partial charge in [0, 0.05) is 5.75 Å². The molecule has 0 radical (unpaired) electrons. The van der Waals surface area contributed by atoms with E-state index in [9.17, 15) is 0 Å². The Kier molecular flexibility index (Phi) is 4.73. The van der Waals surface area contributed by atoms with E-state index in [1.165, 1.54) is 26.6 Å². The van der Waals surface area contributed by atoms with E-state index >= 15 is 0 Å². The second kappa shape index (κ2) is 6.92. The maximum Gasteiger partial charge on any atom is 0.151 e. The molecule has 3 rings (SSSR count). The molecular formula is C18H17NS2.